The highest BCUT2D eigenvalue weighted by atomic mass is 35.5. The fraction of sp³-hybridized carbons (Fsp3) is 0. The maximum absolute atomic E-state index is 13.6. The Hall–Kier alpha value is -2.99. The summed E-state index contributed by atoms with van der Waals surface area (Å²) < 4.78 is 18.9. The highest BCUT2D eigenvalue weighted by molar-refractivity contribution is 6.34. The number of anilines is 1. The van der Waals surface area contributed by atoms with Crippen LogP contribution in [0.1, 0.15) is 10.6 Å². The summed E-state index contributed by atoms with van der Waals surface area (Å²) in [5, 5.41) is 3.57. The standard InChI is InChI=1S/C17H9ClFN3O2/c18-10-4-2-6-12-15(10)20-8-14(21-12)22-17(23)13-7-9-3-1-5-11(19)16(9)24-13/h1-8H,(H,21,22,23). The van der Waals surface area contributed by atoms with E-state index in [1.165, 1.54) is 18.3 Å². The number of aromatic nitrogens is 2. The molecule has 0 aliphatic rings. The average Bonchev–Trinajstić information content (AvgIpc) is 3.01. The van der Waals surface area contributed by atoms with E-state index in [9.17, 15) is 9.18 Å². The van der Waals surface area contributed by atoms with E-state index in [1.807, 2.05) is 0 Å². The molecule has 2 heterocycles. The number of benzene rings is 2. The van der Waals surface area contributed by atoms with E-state index in [2.05, 4.69) is 15.3 Å². The van der Waals surface area contributed by atoms with Gasteiger partial charge in [0.1, 0.15) is 5.52 Å². The van der Waals surface area contributed by atoms with Gasteiger partial charge in [-0.3, -0.25) is 4.79 Å². The summed E-state index contributed by atoms with van der Waals surface area (Å²) in [5.74, 6) is -0.827. The zero-order valence-corrected chi connectivity index (χ0v) is 12.8. The van der Waals surface area contributed by atoms with E-state index >= 15 is 0 Å². The zero-order chi connectivity index (χ0) is 16.7. The van der Waals surface area contributed by atoms with Crippen molar-refractivity contribution in [2.75, 3.05) is 5.32 Å². The van der Waals surface area contributed by atoms with E-state index in [0.29, 0.717) is 21.4 Å². The summed E-state index contributed by atoms with van der Waals surface area (Å²) in [6, 6.07) is 11.1. The Morgan fingerprint density at radius 2 is 2.04 bits per heavy atom. The first-order valence-electron chi connectivity index (χ1n) is 7.02. The van der Waals surface area contributed by atoms with Crippen molar-refractivity contribution in [1.82, 2.24) is 9.97 Å². The Kier molecular flexibility index (Phi) is 3.39. The summed E-state index contributed by atoms with van der Waals surface area (Å²) in [4.78, 5) is 20.7. The van der Waals surface area contributed by atoms with Gasteiger partial charge in [-0.15, -0.1) is 0 Å². The molecule has 0 saturated carbocycles. The van der Waals surface area contributed by atoms with Gasteiger partial charge in [0, 0.05) is 5.39 Å². The van der Waals surface area contributed by atoms with Crippen molar-refractivity contribution in [1.29, 1.82) is 0 Å². The van der Waals surface area contributed by atoms with E-state index in [4.69, 9.17) is 16.0 Å². The van der Waals surface area contributed by atoms with Crippen LogP contribution in [0, 0.1) is 5.82 Å². The van der Waals surface area contributed by atoms with E-state index in [1.54, 1.807) is 30.3 Å². The number of amides is 1. The monoisotopic (exact) mass is 341 g/mol. The number of furan rings is 1. The summed E-state index contributed by atoms with van der Waals surface area (Å²) >= 11 is 6.03. The summed E-state index contributed by atoms with van der Waals surface area (Å²) in [5.41, 5.74) is 1.14. The van der Waals surface area contributed by atoms with Crippen molar-refractivity contribution in [2.24, 2.45) is 0 Å². The molecule has 0 atom stereocenters. The molecule has 24 heavy (non-hydrogen) atoms. The largest absolute Gasteiger partial charge is 0.448 e. The zero-order valence-electron chi connectivity index (χ0n) is 12.1. The van der Waals surface area contributed by atoms with Crippen molar-refractivity contribution in [3.8, 4) is 0 Å². The van der Waals surface area contributed by atoms with Crippen LogP contribution in [0.15, 0.2) is 53.1 Å². The smallest absolute Gasteiger partial charge is 0.292 e. The van der Waals surface area contributed by atoms with E-state index in [0.717, 1.165) is 0 Å². The minimum absolute atomic E-state index is 0.0110. The highest BCUT2D eigenvalue weighted by Crippen LogP contribution is 2.24. The third-order valence-electron chi connectivity index (χ3n) is 3.48. The first-order valence-corrected chi connectivity index (χ1v) is 7.40. The van der Waals surface area contributed by atoms with Crippen LogP contribution in [-0.2, 0) is 0 Å². The van der Waals surface area contributed by atoms with Crippen molar-refractivity contribution in [3.63, 3.8) is 0 Å². The molecule has 0 unspecified atom stereocenters. The van der Waals surface area contributed by atoms with Gasteiger partial charge in [0.25, 0.3) is 5.91 Å². The minimum atomic E-state index is -0.540. The molecule has 2 aromatic heterocycles. The molecule has 1 amide bonds. The number of hydrogen-bond acceptors (Lipinski definition) is 4. The third kappa shape index (κ3) is 2.47. The summed E-state index contributed by atoms with van der Waals surface area (Å²) in [6.45, 7) is 0. The molecule has 7 heteroatoms. The first-order chi connectivity index (χ1) is 11.6. The van der Waals surface area contributed by atoms with Crippen LogP contribution in [0.3, 0.4) is 0 Å². The van der Waals surface area contributed by atoms with Gasteiger partial charge in [0.15, 0.2) is 23.0 Å². The molecule has 1 N–H and O–H groups in total. The maximum Gasteiger partial charge on any atom is 0.292 e. The van der Waals surface area contributed by atoms with Gasteiger partial charge in [0.2, 0.25) is 0 Å². The average molecular weight is 342 g/mol. The Bertz CT molecular complexity index is 1090. The van der Waals surface area contributed by atoms with Gasteiger partial charge in [-0.25, -0.2) is 14.4 Å². The number of nitrogens with zero attached hydrogens (tertiary/aromatic N) is 2. The van der Waals surface area contributed by atoms with E-state index < -0.39 is 11.7 Å². The van der Waals surface area contributed by atoms with Gasteiger partial charge in [-0.2, -0.15) is 0 Å². The lowest BCUT2D eigenvalue weighted by Gasteiger charge is -2.04. The predicted molar refractivity (Wildman–Crippen MR) is 88.7 cm³/mol. The lowest BCUT2D eigenvalue weighted by Crippen LogP contribution is -2.12. The predicted octanol–water partition coefficient (Wildman–Crippen LogP) is 4.42. The number of fused-ring (bicyclic) bond motifs is 2. The molecule has 0 aliphatic heterocycles. The molecule has 0 saturated heterocycles. The van der Waals surface area contributed by atoms with Crippen LogP contribution in [0.25, 0.3) is 22.0 Å². The Morgan fingerprint density at radius 1 is 1.21 bits per heavy atom. The van der Waals surface area contributed by atoms with Crippen molar-refractivity contribution in [3.05, 3.63) is 65.3 Å². The van der Waals surface area contributed by atoms with Gasteiger partial charge in [-0.05, 0) is 24.3 Å². The lowest BCUT2D eigenvalue weighted by atomic mass is 10.2. The topological polar surface area (TPSA) is 68.0 Å². The second-order valence-corrected chi connectivity index (χ2v) is 5.49. The van der Waals surface area contributed by atoms with Crippen LogP contribution < -0.4 is 5.32 Å². The second kappa shape index (κ2) is 5.58. The maximum atomic E-state index is 13.6. The molecule has 0 bridgehead atoms. The molecule has 0 spiro atoms. The van der Waals surface area contributed by atoms with Crippen LogP contribution in [-0.4, -0.2) is 15.9 Å². The molecular weight excluding hydrogens is 333 g/mol. The molecule has 2 aromatic carbocycles. The number of rotatable bonds is 2. The number of nitrogens with one attached hydrogen (secondary N) is 1. The number of carbonyl (C=O) groups is 1. The van der Waals surface area contributed by atoms with Crippen molar-refractivity contribution >= 4 is 45.3 Å². The van der Waals surface area contributed by atoms with Gasteiger partial charge >= 0.3 is 0 Å². The number of halogens is 2. The van der Waals surface area contributed by atoms with Crippen LogP contribution >= 0.6 is 11.6 Å². The molecule has 0 radical (unpaired) electrons. The van der Waals surface area contributed by atoms with Crippen LogP contribution in [0.4, 0.5) is 10.2 Å². The molecular formula is C17H9ClFN3O2. The molecule has 4 aromatic rings. The number of carbonyl (C=O) groups excluding carboxylic acids is 1. The molecule has 4 rings (SSSR count). The normalized spacial score (nSPS) is 11.1. The fourth-order valence-corrected chi connectivity index (χ4v) is 2.60. The SMILES string of the molecule is O=C(Nc1cnc2c(Cl)cccc2n1)c1cc2cccc(F)c2o1. The quantitative estimate of drug-likeness (QED) is 0.586. The Morgan fingerprint density at radius 3 is 2.88 bits per heavy atom. The molecule has 118 valence electrons. The van der Waals surface area contributed by atoms with Gasteiger partial charge < -0.3 is 9.73 Å². The fourth-order valence-electron chi connectivity index (χ4n) is 2.38. The van der Waals surface area contributed by atoms with Crippen molar-refractivity contribution in [2.45, 2.75) is 0 Å². The third-order valence-corrected chi connectivity index (χ3v) is 3.79. The number of hydrogen-bond donors (Lipinski definition) is 1. The first kappa shape index (κ1) is 14.6. The molecule has 0 aliphatic carbocycles. The van der Waals surface area contributed by atoms with Gasteiger partial charge in [-0.1, -0.05) is 29.8 Å². The lowest BCUT2D eigenvalue weighted by molar-refractivity contribution is 0.0998. The summed E-state index contributed by atoms with van der Waals surface area (Å²) in [6.07, 6.45) is 1.40. The van der Waals surface area contributed by atoms with E-state index in [-0.39, 0.29) is 17.2 Å². The van der Waals surface area contributed by atoms with Crippen molar-refractivity contribution < 1.29 is 13.6 Å². The minimum Gasteiger partial charge on any atom is -0.448 e. The Balaban J connectivity index is 1.66. The van der Waals surface area contributed by atoms with Crippen LogP contribution in [0.2, 0.25) is 5.02 Å². The highest BCUT2D eigenvalue weighted by Gasteiger charge is 2.15. The second-order valence-electron chi connectivity index (χ2n) is 5.09. The molecule has 0 fully saturated rings. The molecule has 5 nitrogen and oxygen atoms in total. The van der Waals surface area contributed by atoms with Crippen LogP contribution in [0.5, 0.6) is 0 Å². The number of para-hydroxylation sites is 2. The Labute approximate surface area is 140 Å². The van der Waals surface area contributed by atoms with Gasteiger partial charge in [0.05, 0.1) is 16.7 Å². The summed E-state index contributed by atoms with van der Waals surface area (Å²) in [7, 11) is 0.